The van der Waals surface area contributed by atoms with E-state index in [9.17, 15) is 5.11 Å². The van der Waals surface area contributed by atoms with Crippen molar-refractivity contribution < 1.29 is 5.11 Å². The van der Waals surface area contributed by atoms with Crippen LogP contribution in [0.1, 0.15) is 30.5 Å². The number of phenols is 1. The lowest BCUT2D eigenvalue weighted by Crippen LogP contribution is -2.52. The third kappa shape index (κ3) is 3.52. The second-order valence-electron chi connectivity index (χ2n) is 6.98. The maximum atomic E-state index is 9.80. The van der Waals surface area contributed by atoms with Gasteiger partial charge in [0.25, 0.3) is 0 Å². The number of hydrogen-bond acceptors (Lipinski definition) is 3. The van der Waals surface area contributed by atoms with Crippen molar-refractivity contribution in [1.82, 2.24) is 0 Å². The summed E-state index contributed by atoms with van der Waals surface area (Å²) in [6.45, 7) is 4.37. The third-order valence-electron chi connectivity index (χ3n) is 4.96. The molecule has 126 valence electrons. The van der Waals surface area contributed by atoms with Gasteiger partial charge in [0.15, 0.2) is 0 Å². The Balaban J connectivity index is 1.69. The predicted molar refractivity (Wildman–Crippen MR) is 105 cm³/mol. The van der Waals surface area contributed by atoms with Crippen LogP contribution >= 0.6 is 11.8 Å². The van der Waals surface area contributed by atoms with E-state index in [1.807, 2.05) is 30.0 Å². The van der Waals surface area contributed by atoms with Crippen LogP contribution in [-0.2, 0) is 11.8 Å². The molecule has 1 aliphatic rings. The molecule has 2 nitrogen and oxygen atoms in total. The van der Waals surface area contributed by atoms with Crippen molar-refractivity contribution in [3.63, 3.8) is 0 Å². The zero-order chi connectivity index (χ0) is 17.2. The van der Waals surface area contributed by atoms with Crippen molar-refractivity contribution in [2.75, 3.05) is 5.75 Å². The molecular formula is C21H25NOS. The summed E-state index contributed by atoms with van der Waals surface area (Å²) in [6.07, 6.45) is 5.34. The standard InChI is InChI=1S/C21H25NOS/c1-21(2)18-14-17(23)11-10-16(18)13-19(20(21)22)24-12-6-9-15-7-4-3-5-8-15/h3-11,14,19-20,23H,12-13,22H2,1-2H3/t19-,20+/m0/s1. The fraction of sp³-hybridized carbons (Fsp3) is 0.333. The molecule has 2 aromatic carbocycles. The van der Waals surface area contributed by atoms with E-state index in [1.54, 1.807) is 6.07 Å². The summed E-state index contributed by atoms with van der Waals surface area (Å²) in [6, 6.07) is 16.1. The van der Waals surface area contributed by atoms with E-state index >= 15 is 0 Å². The van der Waals surface area contributed by atoms with Crippen LogP contribution in [0.25, 0.3) is 6.08 Å². The van der Waals surface area contributed by atoms with Crippen LogP contribution < -0.4 is 5.73 Å². The van der Waals surface area contributed by atoms with Crippen molar-refractivity contribution in [3.05, 3.63) is 71.3 Å². The monoisotopic (exact) mass is 339 g/mol. The molecule has 0 saturated heterocycles. The highest BCUT2D eigenvalue weighted by Crippen LogP contribution is 2.41. The van der Waals surface area contributed by atoms with Gasteiger partial charge in [-0.3, -0.25) is 0 Å². The minimum Gasteiger partial charge on any atom is -0.508 e. The Hall–Kier alpha value is -1.71. The van der Waals surface area contributed by atoms with Crippen LogP contribution in [0.5, 0.6) is 5.75 Å². The van der Waals surface area contributed by atoms with Crippen LogP contribution in [-0.4, -0.2) is 22.2 Å². The average Bonchev–Trinajstić information content (AvgIpc) is 2.58. The highest BCUT2D eigenvalue weighted by molar-refractivity contribution is 8.00. The van der Waals surface area contributed by atoms with E-state index in [0.717, 1.165) is 12.2 Å². The van der Waals surface area contributed by atoms with Gasteiger partial charge in [-0.05, 0) is 35.2 Å². The first-order valence-electron chi connectivity index (χ1n) is 8.39. The van der Waals surface area contributed by atoms with Crippen molar-refractivity contribution in [1.29, 1.82) is 0 Å². The maximum Gasteiger partial charge on any atom is 0.115 e. The minimum atomic E-state index is -0.132. The van der Waals surface area contributed by atoms with E-state index in [-0.39, 0.29) is 11.5 Å². The van der Waals surface area contributed by atoms with Crippen molar-refractivity contribution in [3.8, 4) is 5.75 Å². The summed E-state index contributed by atoms with van der Waals surface area (Å²) >= 11 is 1.92. The van der Waals surface area contributed by atoms with Gasteiger partial charge in [-0.15, -0.1) is 0 Å². The number of fused-ring (bicyclic) bond motifs is 1. The molecule has 0 bridgehead atoms. The lowest BCUT2D eigenvalue weighted by molar-refractivity contribution is 0.369. The Morgan fingerprint density at radius 3 is 2.71 bits per heavy atom. The Morgan fingerprint density at radius 2 is 1.96 bits per heavy atom. The van der Waals surface area contributed by atoms with Gasteiger partial charge in [0.05, 0.1) is 0 Å². The molecule has 0 heterocycles. The molecular weight excluding hydrogens is 314 g/mol. The van der Waals surface area contributed by atoms with Crippen molar-refractivity contribution in [2.24, 2.45) is 5.73 Å². The lowest BCUT2D eigenvalue weighted by Gasteiger charge is -2.43. The molecule has 0 unspecified atom stereocenters. The number of rotatable bonds is 4. The van der Waals surface area contributed by atoms with Gasteiger partial charge in [0, 0.05) is 22.5 Å². The molecule has 0 saturated carbocycles. The highest BCUT2D eigenvalue weighted by Gasteiger charge is 2.40. The third-order valence-corrected chi connectivity index (χ3v) is 6.23. The Labute approximate surface area is 148 Å². The summed E-state index contributed by atoms with van der Waals surface area (Å²) in [5.74, 6) is 1.28. The molecule has 3 heteroatoms. The van der Waals surface area contributed by atoms with Gasteiger partial charge in [0.2, 0.25) is 0 Å². The first-order valence-corrected chi connectivity index (χ1v) is 9.44. The first-order chi connectivity index (χ1) is 11.5. The normalized spacial score (nSPS) is 22.5. The highest BCUT2D eigenvalue weighted by atomic mass is 32.2. The molecule has 1 aliphatic carbocycles. The van der Waals surface area contributed by atoms with Gasteiger partial charge in [-0.2, -0.15) is 11.8 Å². The quantitative estimate of drug-likeness (QED) is 0.869. The summed E-state index contributed by atoms with van der Waals surface area (Å²) in [7, 11) is 0. The second kappa shape index (κ2) is 7.04. The molecule has 2 atom stereocenters. The van der Waals surface area contributed by atoms with Gasteiger partial charge in [0.1, 0.15) is 5.75 Å². The topological polar surface area (TPSA) is 46.2 Å². The fourth-order valence-electron chi connectivity index (χ4n) is 3.42. The number of hydrogen-bond donors (Lipinski definition) is 2. The number of nitrogens with two attached hydrogens (primary N) is 1. The molecule has 0 spiro atoms. The second-order valence-corrected chi connectivity index (χ2v) is 8.25. The van der Waals surface area contributed by atoms with Gasteiger partial charge < -0.3 is 10.8 Å². The maximum absolute atomic E-state index is 9.80. The van der Waals surface area contributed by atoms with Crippen LogP contribution in [0, 0.1) is 0 Å². The summed E-state index contributed by atoms with van der Waals surface area (Å²) in [5, 5.41) is 10.2. The molecule has 3 rings (SSSR count). The number of phenolic OH excluding ortho intramolecular Hbond substituents is 1. The molecule has 0 aromatic heterocycles. The van der Waals surface area contributed by atoms with E-state index in [2.05, 4.69) is 50.3 Å². The molecule has 2 aromatic rings. The van der Waals surface area contributed by atoms with Crippen molar-refractivity contribution >= 4 is 17.8 Å². The predicted octanol–water partition coefficient (Wildman–Crippen LogP) is 4.37. The van der Waals surface area contributed by atoms with E-state index in [1.165, 1.54) is 16.7 Å². The fourth-order valence-corrected chi connectivity index (χ4v) is 4.72. The van der Waals surface area contributed by atoms with Crippen LogP contribution in [0.3, 0.4) is 0 Å². The number of benzene rings is 2. The number of aromatic hydroxyl groups is 1. The van der Waals surface area contributed by atoms with E-state index < -0.39 is 0 Å². The molecule has 0 amide bonds. The zero-order valence-electron chi connectivity index (χ0n) is 14.3. The van der Waals surface area contributed by atoms with Crippen molar-refractivity contribution in [2.45, 2.75) is 37.0 Å². The average molecular weight is 340 g/mol. The molecule has 0 aliphatic heterocycles. The molecule has 0 fully saturated rings. The summed E-state index contributed by atoms with van der Waals surface area (Å²) < 4.78 is 0. The summed E-state index contributed by atoms with van der Waals surface area (Å²) in [5.41, 5.74) is 10.2. The smallest absolute Gasteiger partial charge is 0.115 e. The molecule has 0 radical (unpaired) electrons. The Kier molecular flexibility index (Phi) is 5.02. The Morgan fingerprint density at radius 1 is 1.21 bits per heavy atom. The molecule has 3 N–H and O–H groups in total. The number of thioether (sulfide) groups is 1. The van der Waals surface area contributed by atoms with Crippen LogP contribution in [0.15, 0.2) is 54.6 Å². The first kappa shape index (κ1) is 17.1. The largest absolute Gasteiger partial charge is 0.508 e. The zero-order valence-corrected chi connectivity index (χ0v) is 15.1. The van der Waals surface area contributed by atoms with E-state index in [0.29, 0.717) is 11.0 Å². The van der Waals surface area contributed by atoms with Gasteiger partial charge in [-0.25, -0.2) is 0 Å². The molecule has 24 heavy (non-hydrogen) atoms. The van der Waals surface area contributed by atoms with Gasteiger partial charge >= 0.3 is 0 Å². The van der Waals surface area contributed by atoms with Crippen LogP contribution in [0.2, 0.25) is 0 Å². The Bertz CT molecular complexity index is 724. The van der Waals surface area contributed by atoms with Crippen LogP contribution in [0.4, 0.5) is 0 Å². The van der Waals surface area contributed by atoms with Gasteiger partial charge in [-0.1, -0.05) is 62.4 Å². The SMILES string of the molecule is CC1(C)c2cc(O)ccc2C[C@H](SCC=Cc2ccccc2)[C@H]1N. The summed E-state index contributed by atoms with van der Waals surface area (Å²) in [4.78, 5) is 0. The van der Waals surface area contributed by atoms with E-state index in [4.69, 9.17) is 5.73 Å². The lowest BCUT2D eigenvalue weighted by atomic mass is 9.69. The minimum absolute atomic E-state index is 0.0712.